The van der Waals surface area contributed by atoms with Crippen molar-refractivity contribution in [2.75, 3.05) is 0 Å². The number of hydrogen-bond donors (Lipinski definition) is 1. The standard InChI is InChI=1S/C16H16ClNO4/c17-13-6-2-1-5-12(13)11-22-14-7-3-9-18(16(14)21)10-4-8-15(19)20/h1-3,5-7,9H,4,8,10-11H2,(H,19,20). The van der Waals surface area contributed by atoms with Crippen molar-refractivity contribution in [3.63, 3.8) is 0 Å². The number of carboxylic acids is 1. The number of pyridine rings is 1. The Labute approximate surface area is 132 Å². The molecule has 0 saturated heterocycles. The van der Waals surface area contributed by atoms with Crippen LogP contribution in [0, 0.1) is 0 Å². The van der Waals surface area contributed by atoms with Gasteiger partial charge in [0.2, 0.25) is 0 Å². The fraction of sp³-hybridized carbons (Fsp3) is 0.250. The summed E-state index contributed by atoms with van der Waals surface area (Å²) in [6.45, 7) is 0.544. The lowest BCUT2D eigenvalue weighted by Gasteiger charge is -2.10. The first kappa shape index (κ1) is 16.1. The number of ether oxygens (including phenoxy) is 1. The molecule has 0 fully saturated rings. The zero-order chi connectivity index (χ0) is 15.9. The third-order valence-corrected chi connectivity index (χ3v) is 3.48. The Morgan fingerprint density at radius 3 is 2.73 bits per heavy atom. The summed E-state index contributed by atoms with van der Waals surface area (Å²) in [5.41, 5.74) is 0.518. The molecule has 1 aromatic heterocycles. The Hall–Kier alpha value is -2.27. The number of nitrogens with zero attached hydrogens (tertiary/aromatic N) is 1. The van der Waals surface area contributed by atoms with E-state index in [9.17, 15) is 9.59 Å². The molecule has 0 atom stereocenters. The molecule has 116 valence electrons. The van der Waals surface area contributed by atoms with E-state index in [1.165, 1.54) is 4.57 Å². The molecular weight excluding hydrogens is 306 g/mol. The van der Waals surface area contributed by atoms with Crippen molar-refractivity contribution < 1.29 is 14.6 Å². The summed E-state index contributed by atoms with van der Waals surface area (Å²) < 4.78 is 6.99. The van der Waals surface area contributed by atoms with Crippen LogP contribution in [0.5, 0.6) is 5.75 Å². The van der Waals surface area contributed by atoms with Crippen LogP contribution in [0.3, 0.4) is 0 Å². The van der Waals surface area contributed by atoms with Gasteiger partial charge in [0.1, 0.15) is 6.61 Å². The predicted octanol–water partition coefficient (Wildman–Crippen LogP) is 2.95. The molecule has 2 aromatic rings. The summed E-state index contributed by atoms with van der Waals surface area (Å²) >= 11 is 6.04. The second-order valence-corrected chi connectivity index (χ2v) is 5.16. The number of benzene rings is 1. The molecular formula is C16H16ClNO4. The third-order valence-electron chi connectivity index (χ3n) is 3.12. The summed E-state index contributed by atoms with van der Waals surface area (Å²) in [6.07, 6.45) is 2.03. The average Bonchev–Trinajstić information content (AvgIpc) is 2.49. The molecule has 22 heavy (non-hydrogen) atoms. The number of carboxylic acid groups (broad SMARTS) is 1. The molecule has 0 aliphatic rings. The minimum Gasteiger partial charge on any atom is -0.483 e. The zero-order valence-corrected chi connectivity index (χ0v) is 12.6. The van der Waals surface area contributed by atoms with E-state index in [1.54, 1.807) is 24.4 Å². The molecule has 6 heteroatoms. The number of carbonyl (C=O) groups is 1. The van der Waals surface area contributed by atoms with Gasteiger partial charge in [0.05, 0.1) is 0 Å². The normalized spacial score (nSPS) is 10.4. The molecule has 1 aromatic carbocycles. The van der Waals surface area contributed by atoms with Gasteiger partial charge in [0.15, 0.2) is 5.75 Å². The molecule has 0 aliphatic heterocycles. The molecule has 5 nitrogen and oxygen atoms in total. The van der Waals surface area contributed by atoms with Gasteiger partial charge in [-0.3, -0.25) is 9.59 Å². The fourth-order valence-electron chi connectivity index (χ4n) is 1.97. The van der Waals surface area contributed by atoms with Crippen molar-refractivity contribution in [1.29, 1.82) is 0 Å². The van der Waals surface area contributed by atoms with Crippen molar-refractivity contribution in [2.45, 2.75) is 26.0 Å². The minimum atomic E-state index is -0.876. The maximum absolute atomic E-state index is 12.2. The molecule has 2 rings (SSSR count). The van der Waals surface area contributed by atoms with Crippen molar-refractivity contribution >= 4 is 17.6 Å². The lowest BCUT2D eigenvalue weighted by atomic mass is 10.2. The van der Waals surface area contributed by atoms with Crippen LogP contribution in [-0.2, 0) is 17.9 Å². The number of hydrogen-bond acceptors (Lipinski definition) is 3. The highest BCUT2D eigenvalue weighted by Gasteiger charge is 2.07. The van der Waals surface area contributed by atoms with Gasteiger partial charge < -0.3 is 14.4 Å². The zero-order valence-electron chi connectivity index (χ0n) is 11.9. The van der Waals surface area contributed by atoms with Gasteiger partial charge in [-0.15, -0.1) is 0 Å². The number of aromatic nitrogens is 1. The number of halogens is 1. The lowest BCUT2D eigenvalue weighted by Crippen LogP contribution is -2.21. The summed E-state index contributed by atoms with van der Waals surface area (Å²) in [7, 11) is 0. The monoisotopic (exact) mass is 321 g/mol. The van der Waals surface area contributed by atoms with Crippen molar-refractivity contribution in [3.8, 4) is 5.75 Å². The molecule has 1 heterocycles. The van der Waals surface area contributed by atoms with Crippen LogP contribution in [0.4, 0.5) is 0 Å². The quantitative estimate of drug-likeness (QED) is 0.851. The highest BCUT2D eigenvalue weighted by molar-refractivity contribution is 6.31. The van der Waals surface area contributed by atoms with E-state index >= 15 is 0 Å². The molecule has 0 aliphatic carbocycles. The van der Waals surface area contributed by atoms with E-state index in [1.807, 2.05) is 18.2 Å². The first-order valence-corrected chi connectivity index (χ1v) is 7.23. The fourth-order valence-corrected chi connectivity index (χ4v) is 2.16. The summed E-state index contributed by atoms with van der Waals surface area (Å²) in [5.74, 6) is -0.656. The Bertz CT molecular complexity index is 711. The smallest absolute Gasteiger partial charge is 0.303 e. The van der Waals surface area contributed by atoms with Gasteiger partial charge in [-0.1, -0.05) is 29.8 Å². The molecule has 0 saturated carbocycles. The van der Waals surface area contributed by atoms with Crippen LogP contribution < -0.4 is 10.3 Å². The number of aryl methyl sites for hydroxylation is 1. The summed E-state index contributed by atoms with van der Waals surface area (Å²) in [4.78, 5) is 22.7. The molecule has 0 spiro atoms. The van der Waals surface area contributed by atoms with E-state index in [-0.39, 0.29) is 24.3 Å². The highest BCUT2D eigenvalue weighted by atomic mass is 35.5. The van der Waals surface area contributed by atoms with Crippen LogP contribution in [0.2, 0.25) is 5.02 Å². The highest BCUT2D eigenvalue weighted by Crippen LogP contribution is 2.16. The Balaban J connectivity index is 2.04. The molecule has 0 unspecified atom stereocenters. The van der Waals surface area contributed by atoms with Crippen molar-refractivity contribution in [3.05, 3.63) is 63.5 Å². The van der Waals surface area contributed by atoms with Gasteiger partial charge in [0, 0.05) is 29.7 Å². The van der Waals surface area contributed by atoms with Crippen LogP contribution in [0.1, 0.15) is 18.4 Å². The maximum Gasteiger partial charge on any atom is 0.303 e. The topological polar surface area (TPSA) is 68.5 Å². The van der Waals surface area contributed by atoms with Crippen LogP contribution >= 0.6 is 11.6 Å². The van der Waals surface area contributed by atoms with E-state index in [0.29, 0.717) is 18.0 Å². The largest absolute Gasteiger partial charge is 0.483 e. The Morgan fingerprint density at radius 1 is 1.23 bits per heavy atom. The summed E-state index contributed by atoms with van der Waals surface area (Å²) in [5, 5.41) is 9.21. The Kier molecular flexibility index (Phi) is 5.61. The lowest BCUT2D eigenvalue weighted by molar-refractivity contribution is -0.137. The first-order chi connectivity index (χ1) is 10.6. The van der Waals surface area contributed by atoms with Crippen molar-refractivity contribution in [2.24, 2.45) is 0 Å². The Morgan fingerprint density at radius 2 is 2.00 bits per heavy atom. The third kappa shape index (κ3) is 4.36. The predicted molar refractivity (Wildman–Crippen MR) is 83.4 cm³/mol. The molecule has 0 amide bonds. The number of aliphatic carboxylic acids is 1. The van der Waals surface area contributed by atoms with Gasteiger partial charge >= 0.3 is 5.97 Å². The van der Waals surface area contributed by atoms with Crippen LogP contribution in [0.15, 0.2) is 47.4 Å². The molecule has 0 radical (unpaired) electrons. The van der Waals surface area contributed by atoms with E-state index < -0.39 is 5.97 Å². The van der Waals surface area contributed by atoms with E-state index in [2.05, 4.69) is 0 Å². The first-order valence-electron chi connectivity index (χ1n) is 6.85. The second kappa shape index (κ2) is 7.66. The second-order valence-electron chi connectivity index (χ2n) is 4.75. The van der Waals surface area contributed by atoms with Crippen LogP contribution in [-0.4, -0.2) is 15.6 Å². The van der Waals surface area contributed by atoms with Gasteiger partial charge in [-0.25, -0.2) is 0 Å². The number of rotatable bonds is 7. The van der Waals surface area contributed by atoms with E-state index in [0.717, 1.165) is 5.56 Å². The average molecular weight is 322 g/mol. The van der Waals surface area contributed by atoms with Crippen LogP contribution in [0.25, 0.3) is 0 Å². The maximum atomic E-state index is 12.2. The SMILES string of the molecule is O=C(O)CCCn1cccc(OCc2ccccc2Cl)c1=O. The van der Waals surface area contributed by atoms with Gasteiger partial charge in [-0.2, -0.15) is 0 Å². The van der Waals surface area contributed by atoms with Crippen molar-refractivity contribution in [1.82, 2.24) is 4.57 Å². The van der Waals surface area contributed by atoms with Gasteiger partial charge in [-0.05, 0) is 24.6 Å². The van der Waals surface area contributed by atoms with E-state index in [4.69, 9.17) is 21.4 Å². The summed E-state index contributed by atoms with van der Waals surface area (Å²) in [6, 6.07) is 10.5. The van der Waals surface area contributed by atoms with Gasteiger partial charge in [0.25, 0.3) is 5.56 Å². The molecule has 1 N–H and O–H groups in total. The minimum absolute atomic E-state index is 0.0249. The molecule has 0 bridgehead atoms.